The van der Waals surface area contributed by atoms with Gasteiger partial charge in [0.1, 0.15) is 11.4 Å². The predicted molar refractivity (Wildman–Crippen MR) is 47.6 cm³/mol. The molecular weight excluding hydrogens is 172 g/mol. The SMILES string of the molecule is Nc1nc(-c2cnccn2)cs1. The van der Waals surface area contributed by atoms with E-state index >= 15 is 0 Å². The number of rotatable bonds is 1. The Balaban J connectivity index is 2.45. The molecule has 2 aromatic rings. The van der Waals surface area contributed by atoms with Gasteiger partial charge in [0.2, 0.25) is 0 Å². The van der Waals surface area contributed by atoms with Crippen LogP contribution < -0.4 is 5.73 Å². The molecule has 5 heteroatoms. The molecule has 0 aromatic carbocycles. The minimum Gasteiger partial charge on any atom is -0.375 e. The molecule has 2 aromatic heterocycles. The molecule has 0 atom stereocenters. The number of hydrogen-bond acceptors (Lipinski definition) is 5. The van der Waals surface area contributed by atoms with Crippen molar-refractivity contribution in [1.29, 1.82) is 0 Å². The Morgan fingerprint density at radius 1 is 1.25 bits per heavy atom. The zero-order chi connectivity index (χ0) is 8.39. The summed E-state index contributed by atoms with van der Waals surface area (Å²) in [6.45, 7) is 0. The van der Waals surface area contributed by atoms with Gasteiger partial charge in [0.05, 0.1) is 6.20 Å². The molecule has 0 aliphatic heterocycles. The molecule has 0 fully saturated rings. The molecule has 0 radical (unpaired) electrons. The number of aromatic nitrogens is 3. The van der Waals surface area contributed by atoms with Gasteiger partial charge >= 0.3 is 0 Å². The number of hydrogen-bond donors (Lipinski definition) is 1. The van der Waals surface area contributed by atoms with E-state index < -0.39 is 0 Å². The maximum atomic E-state index is 5.48. The molecule has 0 saturated heterocycles. The van der Waals surface area contributed by atoms with Gasteiger partial charge in [-0.05, 0) is 0 Å². The van der Waals surface area contributed by atoms with Crippen molar-refractivity contribution in [3.63, 3.8) is 0 Å². The normalized spacial score (nSPS) is 10.0. The van der Waals surface area contributed by atoms with E-state index in [-0.39, 0.29) is 0 Å². The van der Waals surface area contributed by atoms with E-state index in [2.05, 4.69) is 15.0 Å². The van der Waals surface area contributed by atoms with Crippen molar-refractivity contribution in [3.05, 3.63) is 24.0 Å². The summed E-state index contributed by atoms with van der Waals surface area (Å²) in [5, 5.41) is 2.41. The molecule has 0 unspecified atom stereocenters. The molecule has 0 saturated carbocycles. The zero-order valence-corrected chi connectivity index (χ0v) is 6.95. The Bertz CT molecular complexity index is 370. The fraction of sp³-hybridized carbons (Fsp3) is 0. The van der Waals surface area contributed by atoms with Crippen LogP contribution in [0, 0.1) is 0 Å². The quantitative estimate of drug-likeness (QED) is 0.712. The van der Waals surface area contributed by atoms with Crippen LogP contribution in [0.25, 0.3) is 11.4 Å². The second-order valence-corrected chi connectivity index (χ2v) is 3.05. The van der Waals surface area contributed by atoms with Crippen LogP contribution in [-0.4, -0.2) is 15.0 Å². The monoisotopic (exact) mass is 178 g/mol. The smallest absolute Gasteiger partial charge is 0.180 e. The lowest BCUT2D eigenvalue weighted by Gasteiger charge is -1.90. The summed E-state index contributed by atoms with van der Waals surface area (Å²) in [7, 11) is 0. The third-order valence-electron chi connectivity index (χ3n) is 1.35. The first-order chi connectivity index (χ1) is 5.86. The molecule has 0 amide bonds. The third-order valence-corrected chi connectivity index (χ3v) is 2.02. The van der Waals surface area contributed by atoms with Gasteiger partial charge in [0.25, 0.3) is 0 Å². The van der Waals surface area contributed by atoms with E-state index in [0.29, 0.717) is 5.13 Å². The largest absolute Gasteiger partial charge is 0.375 e. The van der Waals surface area contributed by atoms with Crippen molar-refractivity contribution in [2.45, 2.75) is 0 Å². The molecular formula is C7H6N4S. The zero-order valence-electron chi connectivity index (χ0n) is 6.14. The topological polar surface area (TPSA) is 64.7 Å². The van der Waals surface area contributed by atoms with Crippen LogP contribution >= 0.6 is 11.3 Å². The second kappa shape index (κ2) is 2.86. The highest BCUT2D eigenvalue weighted by Gasteiger charge is 2.01. The van der Waals surface area contributed by atoms with Crippen molar-refractivity contribution < 1.29 is 0 Å². The third kappa shape index (κ3) is 1.26. The van der Waals surface area contributed by atoms with E-state index in [1.807, 2.05) is 5.38 Å². The van der Waals surface area contributed by atoms with Gasteiger partial charge in [-0.25, -0.2) is 4.98 Å². The first kappa shape index (κ1) is 7.17. The lowest BCUT2D eigenvalue weighted by Crippen LogP contribution is -1.85. The van der Waals surface area contributed by atoms with Gasteiger partial charge in [-0.15, -0.1) is 11.3 Å². The second-order valence-electron chi connectivity index (χ2n) is 2.16. The van der Waals surface area contributed by atoms with Crippen LogP contribution in [0.5, 0.6) is 0 Å². The average molecular weight is 178 g/mol. The molecule has 60 valence electrons. The van der Waals surface area contributed by atoms with Crippen LogP contribution in [0.15, 0.2) is 24.0 Å². The van der Waals surface area contributed by atoms with Gasteiger partial charge in [-0.2, -0.15) is 0 Å². The van der Waals surface area contributed by atoms with Gasteiger partial charge in [0.15, 0.2) is 5.13 Å². The Kier molecular flexibility index (Phi) is 1.71. The van der Waals surface area contributed by atoms with E-state index in [4.69, 9.17) is 5.73 Å². The van der Waals surface area contributed by atoms with Gasteiger partial charge in [-0.1, -0.05) is 0 Å². The summed E-state index contributed by atoms with van der Waals surface area (Å²) in [5.41, 5.74) is 7.01. The summed E-state index contributed by atoms with van der Waals surface area (Å²) >= 11 is 1.40. The van der Waals surface area contributed by atoms with Crippen LogP contribution in [0.2, 0.25) is 0 Å². The highest BCUT2D eigenvalue weighted by molar-refractivity contribution is 7.13. The summed E-state index contributed by atoms with van der Waals surface area (Å²) in [6, 6.07) is 0. The lowest BCUT2D eigenvalue weighted by atomic mass is 10.4. The van der Waals surface area contributed by atoms with E-state index in [0.717, 1.165) is 11.4 Å². The van der Waals surface area contributed by atoms with Crippen LogP contribution in [0.3, 0.4) is 0 Å². The summed E-state index contributed by atoms with van der Waals surface area (Å²) in [4.78, 5) is 12.1. The van der Waals surface area contributed by atoms with Crippen molar-refractivity contribution in [1.82, 2.24) is 15.0 Å². The Hall–Kier alpha value is -1.49. The minimum atomic E-state index is 0.552. The molecule has 12 heavy (non-hydrogen) atoms. The minimum absolute atomic E-state index is 0.552. The predicted octanol–water partition coefficient (Wildman–Crippen LogP) is 1.18. The maximum absolute atomic E-state index is 5.48. The standard InChI is InChI=1S/C7H6N4S/c8-7-11-6(4-12-7)5-3-9-1-2-10-5/h1-4H,(H2,8,11). The molecule has 2 rings (SSSR count). The number of nitrogen functional groups attached to an aromatic ring is 1. The highest BCUT2D eigenvalue weighted by Crippen LogP contribution is 2.19. The average Bonchev–Trinajstić information content (AvgIpc) is 2.54. The molecule has 0 bridgehead atoms. The van der Waals surface area contributed by atoms with E-state index in [1.165, 1.54) is 11.3 Å². The fourth-order valence-corrected chi connectivity index (χ4v) is 1.39. The van der Waals surface area contributed by atoms with E-state index in [9.17, 15) is 0 Å². The molecule has 0 aliphatic rings. The van der Waals surface area contributed by atoms with Gasteiger partial charge < -0.3 is 5.73 Å². The van der Waals surface area contributed by atoms with Gasteiger partial charge in [-0.3, -0.25) is 9.97 Å². The lowest BCUT2D eigenvalue weighted by molar-refractivity contribution is 1.19. The summed E-state index contributed by atoms with van der Waals surface area (Å²) in [6.07, 6.45) is 4.92. The van der Waals surface area contributed by atoms with Crippen LogP contribution in [0.1, 0.15) is 0 Å². The summed E-state index contributed by atoms with van der Waals surface area (Å²) in [5.74, 6) is 0. The Morgan fingerprint density at radius 3 is 2.75 bits per heavy atom. The number of anilines is 1. The number of thiazole rings is 1. The fourth-order valence-electron chi connectivity index (χ4n) is 0.837. The number of nitrogens with two attached hydrogens (primary N) is 1. The molecule has 2 N–H and O–H groups in total. The Morgan fingerprint density at radius 2 is 2.17 bits per heavy atom. The molecule has 4 nitrogen and oxygen atoms in total. The van der Waals surface area contributed by atoms with Crippen molar-refractivity contribution >= 4 is 16.5 Å². The molecule has 0 aliphatic carbocycles. The van der Waals surface area contributed by atoms with E-state index in [1.54, 1.807) is 18.6 Å². The number of nitrogens with zero attached hydrogens (tertiary/aromatic N) is 3. The van der Waals surface area contributed by atoms with Crippen molar-refractivity contribution in [2.75, 3.05) is 5.73 Å². The highest BCUT2D eigenvalue weighted by atomic mass is 32.1. The van der Waals surface area contributed by atoms with Crippen molar-refractivity contribution in [3.8, 4) is 11.4 Å². The first-order valence-electron chi connectivity index (χ1n) is 3.33. The summed E-state index contributed by atoms with van der Waals surface area (Å²) < 4.78 is 0. The van der Waals surface area contributed by atoms with Crippen LogP contribution in [0.4, 0.5) is 5.13 Å². The van der Waals surface area contributed by atoms with Gasteiger partial charge in [0, 0.05) is 17.8 Å². The van der Waals surface area contributed by atoms with Crippen molar-refractivity contribution in [2.24, 2.45) is 0 Å². The Labute approximate surface area is 73.1 Å². The maximum Gasteiger partial charge on any atom is 0.180 e. The molecule has 2 heterocycles. The molecule has 0 spiro atoms. The first-order valence-corrected chi connectivity index (χ1v) is 4.21. The van der Waals surface area contributed by atoms with Crippen LogP contribution in [-0.2, 0) is 0 Å².